The molecule has 0 unspecified atom stereocenters. The molecule has 3 rings (SSSR count). The molecule has 0 heterocycles. The Kier molecular flexibility index (Phi) is 9.40. The van der Waals surface area contributed by atoms with Crippen LogP contribution in [-0.4, -0.2) is 0 Å². The third-order valence-electron chi connectivity index (χ3n) is 9.51. The van der Waals surface area contributed by atoms with Gasteiger partial charge >= 0.3 is 0 Å². The molecule has 0 aromatic carbocycles. The summed E-state index contributed by atoms with van der Waals surface area (Å²) in [5.41, 5.74) is 0.0463. The van der Waals surface area contributed by atoms with E-state index >= 15 is 0 Å². The lowest BCUT2D eigenvalue weighted by Gasteiger charge is -2.45. The standard InChI is InChI=1S/C28H49N/c1-3-5-7-9-23-10-12-25(13-11-23)26-14-16-27(17-15-26)28(22-29)20-18-24(19-21-28)8-6-4-2/h23-27H,3-21H2,1-2H3/t23-,24-,25-,26-,27-,28+. The van der Waals surface area contributed by atoms with Gasteiger partial charge in [0.2, 0.25) is 0 Å². The summed E-state index contributed by atoms with van der Waals surface area (Å²) in [7, 11) is 0. The van der Waals surface area contributed by atoms with Crippen molar-refractivity contribution < 1.29 is 0 Å². The van der Waals surface area contributed by atoms with Crippen LogP contribution in [0.4, 0.5) is 0 Å². The molecule has 0 aromatic rings. The van der Waals surface area contributed by atoms with Crippen molar-refractivity contribution >= 4 is 0 Å². The molecule has 0 N–H and O–H groups in total. The summed E-state index contributed by atoms with van der Waals surface area (Å²) in [5, 5.41) is 10.1. The summed E-state index contributed by atoms with van der Waals surface area (Å²) in [6.07, 6.45) is 26.5. The Bertz CT molecular complexity index is 479. The zero-order valence-electron chi connectivity index (χ0n) is 19.8. The van der Waals surface area contributed by atoms with Crippen LogP contribution in [0.15, 0.2) is 0 Å². The highest BCUT2D eigenvalue weighted by atomic mass is 14.5. The third kappa shape index (κ3) is 6.24. The van der Waals surface area contributed by atoms with Gasteiger partial charge in [-0.1, -0.05) is 71.6 Å². The van der Waals surface area contributed by atoms with Crippen LogP contribution in [0.2, 0.25) is 0 Å². The lowest BCUT2D eigenvalue weighted by Crippen LogP contribution is -2.37. The minimum absolute atomic E-state index is 0.0463. The fourth-order valence-electron chi connectivity index (χ4n) is 7.36. The van der Waals surface area contributed by atoms with E-state index in [4.69, 9.17) is 0 Å². The monoisotopic (exact) mass is 399 g/mol. The topological polar surface area (TPSA) is 23.8 Å². The van der Waals surface area contributed by atoms with Gasteiger partial charge in [-0.3, -0.25) is 0 Å². The van der Waals surface area contributed by atoms with Gasteiger partial charge in [0.15, 0.2) is 0 Å². The second-order valence-corrected chi connectivity index (χ2v) is 11.2. The number of unbranched alkanes of at least 4 members (excludes halogenated alkanes) is 3. The Labute approximate surface area is 182 Å². The molecule has 0 aromatic heterocycles. The number of hydrogen-bond acceptors (Lipinski definition) is 1. The first kappa shape index (κ1) is 23.2. The molecular weight excluding hydrogens is 350 g/mol. The van der Waals surface area contributed by atoms with Crippen molar-refractivity contribution in [2.24, 2.45) is 35.0 Å². The molecular formula is C28H49N. The van der Waals surface area contributed by atoms with E-state index < -0.39 is 0 Å². The van der Waals surface area contributed by atoms with Gasteiger partial charge in [0.25, 0.3) is 0 Å². The summed E-state index contributed by atoms with van der Waals surface area (Å²) in [6, 6.07) is 2.89. The van der Waals surface area contributed by atoms with Crippen molar-refractivity contribution in [3.63, 3.8) is 0 Å². The van der Waals surface area contributed by atoms with E-state index in [0.29, 0.717) is 5.92 Å². The van der Waals surface area contributed by atoms with E-state index in [-0.39, 0.29) is 5.41 Å². The zero-order chi connectivity index (χ0) is 20.5. The van der Waals surface area contributed by atoms with Crippen molar-refractivity contribution in [1.82, 2.24) is 0 Å². The predicted octanol–water partition coefficient (Wildman–Crippen LogP) is 9.07. The van der Waals surface area contributed by atoms with Crippen LogP contribution < -0.4 is 0 Å². The molecule has 3 aliphatic carbocycles. The molecule has 3 aliphatic rings. The molecule has 29 heavy (non-hydrogen) atoms. The molecule has 1 nitrogen and oxygen atoms in total. The molecule has 0 saturated heterocycles. The number of nitrogens with zero attached hydrogens (tertiary/aromatic N) is 1. The van der Waals surface area contributed by atoms with E-state index in [2.05, 4.69) is 19.9 Å². The summed E-state index contributed by atoms with van der Waals surface area (Å²) < 4.78 is 0. The third-order valence-corrected chi connectivity index (χ3v) is 9.51. The molecule has 0 radical (unpaired) electrons. The Hall–Kier alpha value is -0.510. The van der Waals surface area contributed by atoms with Crippen LogP contribution in [0.5, 0.6) is 0 Å². The molecule has 0 atom stereocenters. The van der Waals surface area contributed by atoms with Crippen LogP contribution in [0, 0.1) is 46.3 Å². The normalized spacial score (nSPS) is 38.4. The highest BCUT2D eigenvalue weighted by Gasteiger charge is 2.44. The van der Waals surface area contributed by atoms with Crippen molar-refractivity contribution in [3.05, 3.63) is 0 Å². The minimum Gasteiger partial charge on any atom is -0.198 e. The molecule has 3 fully saturated rings. The smallest absolute Gasteiger partial charge is 0.0692 e. The van der Waals surface area contributed by atoms with E-state index in [1.165, 1.54) is 122 Å². The van der Waals surface area contributed by atoms with Crippen LogP contribution in [0.25, 0.3) is 0 Å². The lowest BCUT2D eigenvalue weighted by atomic mass is 9.58. The van der Waals surface area contributed by atoms with Gasteiger partial charge in [-0.15, -0.1) is 0 Å². The van der Waals surface area contributed by atoms with Crippen molar-refractivity contribution in [1.29, 1.82) is 5.26 Å². The van der Waals surface area contributed by atoms with E-state index in [9.17, 15) is 5.26 Å². The molecule has 0 bridgehead atoms. The van der Waals surface area contributed by atoms with Crippen molar-refractivity contribution in [2.45, 2.75) is 136 Å². The maximum absolute atomic E-state index is 10.1. The minimum atomic E-state index is 0.0463. The fourth-order valence-corrected chi connectivity index (χ4v) is 7.36. The molecule has 0 aliphatic heterocycles. The average Bonchev–Trinajstić information content (AvgIpc) is 2.79. The van der Waals surface area contributed by atoms with Crippen molar-refractivity contribution in [3.8, 4) is 6.07 Å². The van der Waals surface area contributed by atoms with Crippen LogP contribution in [-0.2, 0) is 0 Å². The van der Waals surface area contributed by atoms with Gasteiger partial charge < -0.3 is 0 Å². The molecule has 0 spiro atoms. The quantitative estimate of drug-likeness (QED) is 0.355. The van der Waals surface area contributed by atoms with Gasteiger partial charge in [0.05, 0.1) is 11.5 Å². The van der Waals surface area contributed by atoms with Gasteiger partial charge in [-0.2, -0.15) is 5.26 Å². The van der Waals surface area contributed by atoms with Crippen LogP contribution in [0.3, 0.4) is 0 Å². The number of rotatable bonds is 9. The SMILES string of the molecule is CCCCC[C@H]1CC[C@H]([C@H]2CC[C@H]([C@]3(C#N)CC[C@H](CCCC)CC3)CC2)CC1. The molecule has 166 valence electrons. The molecule has 0 amide bonds. The van der Waals surface area contributed by atoms with Gasteiger partial charge in [0, 0.05) is 0 Å². The van der Waals surface area contributed by atoms with E-state index in [1.54, 1.807) is 0 Å². The van der Waals surface area contributed by atoms with Crippen LogP contribution >= 0.6 is 0 Å². The second-order valence-electron chi connectivity index (χ2n) is 11.2. The Morgan fingerprint density at radius 1 is 0.655 bits per heavy atom. The number of hydrogen-bond donors (Lipinski definition) is 0. The highest BCUT2D eigenvalue weighted by Crippen LogP contribution is 2.52. The lowest BCUT2D eigenvalue weighted by molar-refractivity contribution is 0.0647. The van der Waals surface area contributed by atoms with Gasteiger partial charge in [0.1, 0.15) is 0 Å². The summed E-state index contributed by atoms with van der Waals surface area (Å²) in [5.74, 6) is 4.67. The Balaban J connectivity index is 1.40. The van der Waals surface area contributed by atoms with Crippen LogP contribution in [0.1, 0.15) is 136 Å². The Morgan fingerprint density at radius 2 is 1.17 bits per heavy atom. The summed E-state index contributed by atoms with van der Waals surface area (Å²) in [4.78, 5) is 0. The summed E-state index contributed by atoms with van der Waals surface area (Å²) >= 11 is 0. The molecule has 1 heteroatoms. The maximum Gasteiger partial charge on any atom is 0.0692 e. The second kappa shape index (κ2) is 11.8. The highest BCUT2D eigenvalue weighted by molar-refractivity contribution is 5.06. The predicted molar refractivity (Wildman–Crippen MR) is 125 cm³/mol. The van der Waals surface area contributed by atoms with Crippen molar-refractivity contribution in [2.75, 3.05) is 0 Å². The average molecular weight is 400 g/mol. The Morgan fingerprint density at radius 3 is 1.72 bits per heavy atom. The molecule has 3 saturated carbocycles. The van der Waals surface area contributed by atoms with E-state index in [1.807, 2.05) is 0 Å². The maximum atomic E-state index is 10.1. The van der Waals surface area contributed by atoms with E-state index in [0.717, 1.165) is 23.7 Å². The first-order valence-electron chi connectivity index (χ1n) is 13.6. The van der Waals surface area contributed by atoms with Gasteiger partial charge in [-0.05, 0) is 93.8 Å². The first-order chi connectivity index (χ1) is 14.2. The fraction of sp³-hybridized carbons (Fsp3) is 0.964. The largest absolute Gasteiger partial charge is 0.198 e. The zero-order valence-corrected chi connectivity index (χ0v) is 19.8. The summed E-state index contributed by atoms with van der Waals surface area (Å²) in [6.45, 7) is 4.63. The van der Waals surface area contributed by atoms with Gasteiger partial charge in [-0.25, -0.2) is 0 Å². The first-order valence-corrected chi connectivity index (χ1v) is 13.6. The number of nitriles is 1.